The minimum Gasteiger partial charge on any atom is -0.369 e. The minimum atomic E-state index is -0.485. The predicted octanol–water partition coefficient (Wildman–Crippen LogP) is 2.54. The first-order valence-corrected chi connectivity index (χ1v) is 5.52. The third-order valence-electron chi connectivity index (χ3n) is 2.39. The largest absolute Gasteiger partial charge is 0.369 e. The Balaban J connectivity index is 2.31. The molecular formula is C10H10ClN5O2. The Morgan fingerprint density at radius 2 is 2.33 bits per heavy atom. The van der Waals surface area contributed by atoms with Crippen LogP contribution in [0.4, 0.5) is 11.4 Å². The number of para-hydroxylation sites is 1. The summed E-state index contributed by atoms with van der Waals surface area (Å²) in [4.78, 5) is 14.4. The molecule has 0 aliphatic heterocycles. The second kappa shape index (κ2) is 5.01. The number of nitro groups is 1. The molecule has 1 heterocycles. The number of rotatable bonds is 4. The van der Waals surface area contributed by atoms with E-state index in [4.69, 9.17) is 11.6 Å². The summed E-state index contributed by atoms with van der Waals surface area (Å²) in [6.07, 6.45) is 1.37. The summed E-state index contributed by atoms with van der Waals surface area (Å²) >= 11 is 5.97. The zero-order valence-electron chi connectivity index (χ0n) is 9.42. The van der Waals surface area contributed by atoms with Crippen molar-refractivity contribution in [3.8, 4) is 0 Å². The average molecular weight is 268 g/mol. The van der Waals surface area contributed by atoms with E-state index in [0.717, 1.165) is 0 Å². The summed E-state index contributed by atoms with van der Waals surface area (Å²) in [5.74, 6) is 0.573. The standard InChI is InChI=1S/C10H10ClN5O2/c1-6(10-12-5-13-15-10)14-9-7(11)3-2-4-8(9)16(17)18/h2-6,14H,1H3,(H,12,13,15). The van der Waals surface area contributed by atoms with Gasteiger partial charge in [0.2, 0.25) is 0 Å². The summed E-state index contributed by atoms with van der Waals surface area (Å²) in [6.45, 7) is 1.80. The molecule has 0 amide bonds. The van der Waals surface area contributed by atoms with Crippen LogP contribution in [0.2, 0.25) is 5.02 Å². The van der Waals surface area contributed by atoms with Gasteiger partial charge in [-0.2, -0.15) is 5.10 Å². The normalized spacial score (nSPS) is 12.1. The van der Waals surface area contributed by atoms with Gasteiger partial charge in [-0.3, -0.25) is 15.2 Å². The SMILES string of the molecule is CC(Nc1c(Cl)cccc1[N+](=O)[O-])c1ncn[nH]1. The Bertz CT molecular complexity index is 557. The van der Waals surface area contributed by atoms with E-state index in [9.17, 15) is 10.1 Å². The fourth-order valence-corrected chi connectivity index (χ4v) is 1.74. The Labute approximate surface area is 107 Å². The average Bonchev–Trinajstić information content (AvgIpc) is 2.85. The van der Waals surface area contributed by atoms with E-state index in [-0.39, 0.29) is 22.4 Å². The van der Waals surface area contributed by atoms with Crippen LogP contribution in [0.1, 0.15) is 18.8 Å². The number of aromatic amines is 1. The fourth-order valence-electron chi connectivity index (χ4n) is 1.52. The maximum absolute atomic E-state index is 10.9. The monoisotopic (exact) mass is 267 g/mol. The van der Waals surface area contributed by atoms with Gasteiger partial charge in [-0.05, 0) is 13.0 Å². The number of benzene rings is 1. The number of hydrogen-bond donors (Lipinski definition) is 2. The van der Waals surface area contributed by atoms with Crippen LogP contribution in [0.5, 0.6) is 0 Å². The first-order chi connectivity index (χ1) is 8.59. The van der Waals surface area contributed by atoms with E-state index >= 15 is 0 Å². The lowest BCUT2D eigenvalue weighted by atomic mass is 10.2. The van der Waals surface area contributed by atoms with E-state index in [1.54, 1.807) is 13.0 Å². The van der Waals surface area contributed by atoms with Gasteiger partial charge in [0.1, 0.15) is 17.8 Å². The number of nitrogens with one attached hydrogen (secondary N) is 2. The summed E-state index contributed by atoms with van der Waals surface area (Å²) in [7, 11) is 0. The van der Waals surface area contributed by atoms with Crippen molar-refractivity contribution >= 4 is 23.0 Å². The maximum atomic E-state index is 10.9. The Morgan fingerprint density at radius 1 is 1.56 bits per heavy atom. The van der Waals surface area contributed by atoms with Gasteiger partial charge < -0.3 is 5.32 Å². The first-order valence-electron chi connectivity index (χ1n) is 5.14. The molecule has 0 saturated carbocycles. The van der Waals surface area contributed by atoms with Crippen LogP contribution < -0.4 is 5.32 Å². The zero-order chi connectivity index (χ0) is 13.1. The second-order valence-corrected chi connectivity index (χ2v) is 4.04. The Hall–Kier alpha value is -2.15. The lowest BCUT2D eigenvalue weighted by molar-refractivity contribution is -0.384. The number of H-pyrrole nitrogens is 1. The zero-order valence-corrected chi connectivity index (χ0v) is 10.2. The molecule has 0 spiro atoms. The van der Waals surface area contributed by atoms with Gasteiger partial charge in [0.25, 0.3) is 5.69 Å². The highest BCUT2D eigenvalue weighted by Crippen LogP contribution is 2.33. The molecule has 8 heteroatoms. The molecule has 1 aromatic carbocycles. The minimum absolute atomic E-state index is 0.0751. The molecule has 2 aromatic rings. The summed E-state index contributed by atoms with van der Waals surface area (Å²) in [6, 6.07) is 4.24. The fraction of sp³-hybridized carbons (Fsp3) is 0.200. The molecule has 1 atom stereocenters. The molecule has 0 saturated heterocycles. The van der Waals surface area contributed by atoms with Gasteiger partial charge in [-0.1, -0.05) is 17.7 Å². The van der Waals surface area contributed by atoms with E-state index in [2.05, 4.69) is 20.5 Å². The molecule has 0 aliphatic rings. The highest BCUT2D eigenvalue weighted by molar-refractivity contribution is 6.33. The number of aromatic nitrogens is 3. The Kier molecular flexibility index (Phi) is 3.42. The first kappa shape index (κ1) is 12.3. The molecule has 1 unspecified atom stereocenters. The number of nitrogens with zero attached hydrogens (tertiary/aromatic N) is 3. The van der Waals surface area contributed by atoms with Gasteiger partial charge in [0, 0.05) is 6.07 Å². The number of nitro benzene ring substituents is 1. The van der Waals surface area contributed by atoms with Crippen molar-refractivity contribution in [2.45, 2.75) is 13.0 Å². The van der Waals surface area contributed by atoms with Crippen molar-refractivity contribution in [3.63, 3.8) is 0 Å². The predicted molar refractivity (Wildman–Crippen MR) is 66.5 cm³/mol. The molecule has 0 bridgehead atoms. The number of halogens is 1. The second-order valence-electron chi connectivity index (χ2n) is 3.63. The lowest BCUT2D eigenvalue weighted by Crippen LogP contribution is -2.10. The molecule has 7 nitrogen and oxygen atoms in total. The van der Waals surface area contributed by atoms with Crippen LogP contribution in [-0.4, -0.2) is 20.1 Å². The molecule has 0 fully saturated rings. The third-order valence-corrected chi connectivity index (χ3v) is 2.71. The highest BCUT2D eigenvalue weighted by atomic mass is 35.5. The van der Waals surface area contributed by atoms with Gasteiger partial charge in [0.15, 0.2) is 0 Å². The molecule has 94 valence electrons. The van der Waals surface area contributed by atoms with E-state index < -0.39 is 4.92 Å². The van der Waals surface area contributed by atoms with Crippen molar-refractivity contribution in [3.05, 3.63) is 45.5 Å². The number of anilines is 1. The van der Waals surface area contributed by atoms with Crippen LogP contribution in [0.15, 0.2) is 24.5 Å². The maximum Gasteiger partial charge on any atom is 0.293 e. The molecule has 1 aromatic heterocycles. The van der Waals surface area contributed by atoms with Crippen LogP contribution in [0.3, 0.4) is 0 Å². The van der Waals surface area contributed by atoms with Crippen molar-refractivity contribution in [1.29, 1.82) is 0 Å². The molecule has 2 N–H and O–H groups in total. The quantitative estimate of drug-likeness (QED) is 0.655. The van der Waals surface area contributed by atoms with Crippen LogP contribution in [0, 0.1) is 10.1 Å². The molecule has 0 radical (unpaired) electrons. The topological polar surface area (TPSA) is 96.7 Å². The van der Waals surface area contributed by atoms with Crippen LogP contribution in [0.25, 0.3) is 0 Å². The van der Waals surface area contributed by atoms with E-state index in [1.807, 2.05) is 0 Å². The third kappa shape index (κ3) is 2.40. The Morgan fingerprint density at radius 3 is 2.94 bits per heavy atom. The molecule has 18 heavy (non-hydrogen) atoms. The summed E-state index contributed by atoms with van der Waals surface area (Å²) in [5, 5.41) is 20.6. The van der Waals surface area contributed by atoms with Crippen molar-refractivity contribution in [1.82, 2.24) is 15.2 Å². The van der Waals surface area contributed by atoms with Crippen molar-refractivity contribution in [2.75, 3.05) is 5.32 Å². The van der Waals surface area contributed by atoms with Crippen LogP contribution >= 0.6 is 11.6 Å². The van der Waals surface area contributed by atoms with Crippen molar-refractivity contribution in [2.24, 2.45) is 0 Å². The van der Waals surface area contributed by atoms with Gasteiger partial charge in [0.05, 0.1) is 16.0 Å². The summed E-state index contributed by atoms with van der Waals surface area (Å²) in [5.41, 5.74) is 0.196. The number of hydrogen-bond acceptors (Lipinski definition) is 5. The van der Waals surface area contributed by atoms with Crippen LogP contribution in [-0.2, 0) is 0 Å². The molecule has 2 rings (SSSR count). The highest BCUT2D eigenvalue weighted by Gasteiger charge is 2.19. The van der Waals surface area contributed by atoms with Gasteiger partial charge in [-0.15, -0.1) is 0 Å². The van der Waals surface area contributed by atoms with Gasteiger partial charge in [-0.25, -0.2) is 4.98 Å². The molecular weight excluding hydrogens is 258 g/mol. The van der Waals surface area contributed by atoms with E-state index in [0.29, 0.717) is 5.82 Å². The van der Waals surface area contributed by atoms with Gasteiger partial charge >= 0.3 is 0 Å². The smallest absolute Gasteiger partial charge is 0.293 e. The summed E-state index contributed by atoms with van der Waals surface area (Å²) < 4.78 is 0. The molecule has 0 aliphatic carbocycles. The van der Waals surface area contributed by atoms with E-state index in [1.165, 1.54) is 18.5 Å². The lowest BCUT2D eigenvalue weighted by Gasteiger charge is -2.13. The van der Waals surface area contributed by atoms with Crippen molar-refractivity contribution < 1.29 is 4.92 Å².